The molecule has 1 aromatic carbocycles. The van der Waals surface area contributed by atoms with Crippen molar-refractivity contribution in [3.63, 3.8) is 0 Å². The van der Waals surface area contributed by atoms with Gasteiger partial charge in [-0.2, -0.15) is 0 Å². The third kappa shape index (κ3) is 4.41. The Kier molecular flexibility index (Phi) is 5.14. The molecule has 0 saturated carbocycles. The smallest absolute Gasteiger partial charge is 0.253 e. The summed E-state index contributed by atoms with van der Waals surface area (Å²) in [5, 5.41) is 6.61. The molecule has 2 rings (SSSR count). The van der Waals surface area contributed by atoms with Gasteiger partial charge in [-0.1, -0.05) is 22.0 Å². The molecule has 0 spiro atoms. The molecule has 0 amide bonds. The Morgan fingerprint density at radius 1 is 1.33 bits per heavy atom. The van der Waals surface area contributed by atoms with Crippen molar-refractivity contribution in [2.24, 2.45) is 0 Å². The van der Waals surface area contributed by atoms with Gasteiger partial charge in [0.15, 0.2) is 5.11 Å². The van der Waals surface area contributed by atoms with E-state index in [4.69, 9.17) is 12.2 Å². The van der Waals surface area contributed by atoms with Gasteiger partial charge in [0, 0.05) is 28.0 Å². The van der Waals surface area contributed by atoms with Crippen molar-refractivity contribution in [2.75, 3.05) is 5.32 Å². The first-order valence-corrected chi connectivity index (χ1v) is 7.65. The molecule has 0 bridgehead atoms. The van der Waals surface area contributed by atoms with Crippen LogP contribution in [0.5, 0.6) is 0 Å². The zero-order valence-electron chi connectivity index (χ0n) is 11.8. The average molecular weight is 366 g/mol. The van der Waals surface area contributed by atoms with Gasteiger partial charge in [-0.15, -0.1) is 0 Å². The minimum Gasteiger partial charge on any atom is -0.358 e. The first-order valence-electron chi connectivity index (χ1n) is 6.45. The molecule has 0 fully saturated rings. The summed E-state index contributed by atoms with van der Waals surface area (Å²) in [7, 11) is 0. The van der Waals surface area contributed by atoms with Crippen LogP contribution in [0.4, 0.5) is 5.69 Å². The van der Waals surface area contributed by atoms with Crippen LogP contribution >= 0.6 is 28.1 Å². The molecule has 0 unspecified atom stereocenters. The monoisotopic (exact) mass is 365 g/mol. The van der Waals surface area contributed by atoms with Crippen molar-refractivity contribution < 1.29 is 0 Å². The van der Waals surface area contributed by atoms with Crippen LogP contribution in [0.2, 0.25) is 0 Å². The van der Waals surface area contributed by atoms with Gasteiger partial charge < -0.3 is 15.6 Å². The number of aryl methyl sites for hydroxylation is 2. The summed E-state index contributed by atoms with van der Waals surface area (Å²) in [6.45, 7) is 4.18. The number of pyridine rings is 1. The van der Waals surface area contributed by atoms with Crippen molar-refractivity contribution in [3.8, 4) is 0 Å². The molecule has 2 aromatic rings. The number of anilines is 1. The van der Waals surface area contributed by atoms with Crippen molar-refractivity contribution >= 4 is 38.9 Å². The molecule has 1 aromatic heterocycles. The molecule has 0 atom stereocenters. The number of aromatic amines is 1. The second-order valence-electron chi connectivity index (χ2n) is 4.76. The highest BCUT2D eigenvalue weighted by atomic mass is 79.9. The molecule has 0 aliphatic rings. The van der Waals surface area contributed by atoms with Crippen molar-refractivity contribution in [1.29, 1.82) is 0 Å². The van der Waals surface area contributed by atoms with Gasteiger partial charge in [0.1, 0.15) is 0 Å². The van der Waals surface area contributed by atoms with Crippen LogP contribution < -0.4 is 16.2 Å². The zero-order valence-corrected chi connectivity index (χ0v) is 14.2. The van der Waals surface area contributed by atoms with Gasteiger partial charge in [0.25, 0.3) is 5.56 Å². The number of rotatable bonds is 3. The first kappa shape index (κ1) is 15.7. The number of thiocarbonyl (C=S) groups is 1. The second-order valence-corrected chi connectivity index (χ2v) is 6.08. The van der Waals surface area contributed by atoms with E-state index in [1.54, 1.807) is 0 Å². The highest BCUT2D eigenvalue weighted by Gasteiger charge is 2.06. The lowest BCUT2D eigenvalue weighted by Crippen LogP contribution is -2.31. The van der Waals surface area contributed by atoms with E-state index in [-0.39, 0.29) is 5.56 Å². The summed E-state index contributed by atoms with van der Waals surface area (Å²) in [6, 6.07) is 9.66. The van der Waals surface area contributed by atoms with Crippen LogP contribution in [-0.4, -0.2) is 10.1 Å². The summed E-state index contributed by atoms with van der Waals surface area (Å²) in [5.74, 6) is 0. The van der Waals surface area contributed by atoms with Gasteiger partial charge >= 0.3 is 0 Å². The van der Waals surface area contributed by atoms with Gasteiger partial charge in [-0.25, -0.2) is 0 Å². The Balaban J connectivity index is 2.00. The average Bonchev–Trinajstić information content (AvgIpc) is 2.37. The third-order valence-corrected chi connectivity index (χ3v) is 3.74. The number of H-pyrrole nitrogens is 1. The fourth-order valence-corrected chi connectivity index (χ4v) is 2.60. The van der Waals surface area contributed by atoms with Gasteiger partial charge in [-0.05, 0) is 55.9 Å². The molecule has 0 radical (unpaired) electrons. The highest BCUT2D eigenvalue weighted by Crippen LogP contribution is 2.15. The van der Waals surface area contributed by atoms with Crippen LogP contribution in [0.3, 0.4) is 0 Å². The minimum absolute atomic E-state index is 0.0785. The SMILES string of the molecule is Cc1cc(C)c(CNC(=S)Nc2cccc(Br)c2)c(=O)[nH]1. The number of benzene rings is 1. The lowest BCUT2D eigenvalue weighted by molar-refractivity contribution is 0.884. The van der Waals surface area contributed by atoms with E-state index in [0.29, 0.717) is 17.2 Å². The predicted octanol–water partition coefficient (Wildman–Crippen LogP) is 3.24. The van der Waals surface area contributed by atoms with E-state index in [0.717, 1.165) is 21.4 Å². The summed E-state index contributed by atoms with van der Waals surface area (Å²) in [4.78, 5) is 14.7. The van der Waals surface area contributed by atoms with Gasteiger partial charge in [-0.3, -0.25) is 4.79 Å². The van der Waals surface area contributed by atoms with E-state index in [1.807, 2.05) is 44.2 Å². The molecule has 0 aliphatic heterocycles. The van der Waals surface area contributed by atoms with Crippen LogP contribution in [0.1, 0.15) is 16.8 Å². The highest BCUT2D eigenvalue weighted by molar-refractivity contribution is 9.10. The number of hydrogen-bond donors (Lipinski definition) is 3. The third-order valence-electron chi connectivity index (χ3n) is 3.00. The molecule has 0 saturated heterocycles. The molecule has 1 heterocycles. The molecule has 4 nitrogen and oxygen atoms in total. The number of nitrogens with one attached hydrogen (secondary N) is 3. The Labute approximate surface area is 137 Å². The normalized spacial score (nSPS) is 10.2. The maximum absolute atomic E-state index is 11.9. The van der Waals surface area contributed by atoms with E-state index < -0.39 is 0 Å². The Morgan fingerprint density at radius 2 is 2.10 bits per heavy atom. The minimum atomic E-state index is -0.0785. The fourth-order valence-electron chi connectivity index (χ4n) is 2.01. The number of hydrogen-bond acceptors (Lipinski definition) is 2. The van der Waals surface area contributed by atoms with E-state index in [2.05, 4.69) is 31.5 Å². The standard InChI is InChI=1S/C15H16BrN3OS/c1-9-6-10(2)18-14(20)13(9)8-17-15(21)19-12-5-3-4-11(16)7-12/h3-7H,8H2,1-2H3,(H,18,20)(H2,17,19,21). The van der Waals surface area contributed by atoms with Crippen molar-refractivity contribution in [1.82, 2.24) is 10.3 Å². The summed E-state index contributed by atoms with van der Waals surface area (Å²) < 4.78 is 0.973. The molecule has 21 heavy (non-hydrogen) atoms. The number of aromatic nitrogens is 1. The molecule has 0 aliphatic carbocycles. The van der Waals surface area contributed by atoms with Gasteiger partial charge in [0.2, 0.25) is 0 Å². The molecular formula is C15H16BrN3OS. The number of halogens is 1. The topological polar surface area (TPSA) is 56.9 Å². The quantitative estimate of drug-likeness (QED) is 0.730. The summed E-state index contributed by atoms with van der Waals surface area (Å²) in [6.07, 6.45) is 0. The Morgan fingerprint density at radius 3 is 2.76 bits per heavy atom. The molecule has 110 valence electrons. The maximum Gasteiger partial charge on any atom is 0.253 e. The molecule has 6 heteroatoms. The van der Waals surface area contributed by atoms with Crippen LogP contribution in [0.25, 0.3) is 0 Å². The van der Waals surface area contributed by atoms with Crippen molar-refractivity contribution in [3.05, 3.63) is 62.0 Å². The predicted molar refractivity (Wildman–Crippen MR) is 93.7 cm³/mol. The fraction of sp³-hybridized carbons (Fsp3) is 0.200. The second kappa shape index (κ2) is 6.87. The Bertz CT molecular complexity index is 727. The zero-order chi connectivity index (χ0) is 15.4. The maximum atomic E-state index is 11.9. The van der Waals surface area contributed by atoms with Crippen molar-refractivity contribution in [2.45, 2.75) is 20.4 Å². The van der Waals surface area contributed by atoms with E-state index >= 15 is 0 Å². The lowest BCUT2D eigenvalue weighted by Gasteiger charge is -2.12. The van der Waals surface area contributed by atoms with E-state index in [9.17, 15) is 4.79 Å². The molecular weight excluding hydrogens is 350 g/mol. The summed E-state index contributed by atoms with van der Waals surface area (Å²) in [5.41, 5.74) is 3.31. The lowest BCUT2D eigenvalue weighted by atomic mass is 10.1. The Hall–Kier alpha value is -1.66. The molecule has 3 N–H and O–H groups in total. The largest absolute Gasteiger partial charge is 0.358 e. The van der Waals surface area contributed by atoms with Crippen LogP contribution in [0, 0.1) is 13.8 Å². The van der Waals surface area contributed by atoms with Crippen LogP contribution in [-0.2, 0) is 6.54 Å². The van der Waals surface area contributed by atoms with Crippen LogP contribution in [0.15, 0.2) is 39.6 Å². The van der Waals surface area contributed by atoms with E-state index in [1.165, 1.54) is 0 Å². The summed E-state index contributed by atoms with van der Waals surface area (Å²) >= 11 is 8.65. The van der Waals surface area contributed by atoms with Gasteiger partial charge in [0.05, 0.1) is 0 Å². The first-order chi connectivity index (χ1) is 9.95.